The standard InChI is InChI=1S/C17H27N3O/c1-3-10-18-17(21)19-12-15-6-8-16(9-7-15)20-11-4-5-14(2)13-20/h6-9,14H,3-5,10-13H2,1-2H3,(H2,18,19,21)/t14-/m0/s1. The zero-order valence-electron chi connectivity index (χ0n) is 13.2. The summed E-state index contributed by atoms with van der Waals surface area (Å²) in [5.74, 6) is 0.780. The lowest BCUT2D eigenvalue weighted by molar-refractivity contribution is 0.240. The summed E-state index contributed by atoms with van der Waals surface area (Å²) in [4.78, 5) is 14.0. The molecule has 0 aliphatic carbocycles. The average molecular weight is 289 g/mol. The molecule has 4 heteroatoms. The molecule has 2 amide bonds. The summed E-state index contributed by atoms with van der Waals surface area (Å²) < 4.78 is 0. The number of rotatable bonds is 5. The maximum Gasteiger partial charge on any atom is 0.315 e. The van der Waals surface area contributed by atoms with E-state index in [0.717, 1.165) is 37.5 Å². The predicted octanol–water partition coefficient (Wildman–Crippen LogP) is 3.13. The van der Waals surface area contributed by atoms with E-state index in [1.54, 1.807) is 0 Å². The van der Waals surface area contributed by atoms with E-state index >= 15 is 0 Å². The number of carbonyl (C=O) groups is 1. The highest BCUT2D eigenvalue weighted by Crippen LogP contribution is 2.23. The lowest BCUT2D eigenvalue weighted by Gasteiger charge is -2.32. The van der Waals surface area contributed by atoms with Crippen LogP contribution in [0.25, 0.3) is 0 Å². The van der Waals surface area contributed by atoms with E-state index in [-0.39, 0.29) is 6.03 Å². The van der Waals surface area contributed by atoms with Crippen molar-refractivity contribution in [2.24, 2.45) is 5.92 Å². The number of nitrogens with zero attached hydrogens (tertiary/aromatic N) is 1. The minimum absolute atomic E-state index is 0.0919. The van der Waals surface area contributed by atoms with E-state index in [1.807, 2.05) is 6.92 Å². The van der Waals surface area contributed by atoms with Gasteiger partial charge in [0.05, 0.1) is 0 Å². The van der Waals surface area contributed by atoms with Crippen molar-refractivity contribution in [3.8, 4) is 0 Å². The molecule has 1 saturated heterocycles. The number of piperidine rings is 1. The molecule has 1 aromatic carbocycles. The summed E-state index contributed by atoms with van der Waals surface area (Å²) >= 11 is 0. The SMILES string of the molecule is CCCNC(=O)NCc1ccc(N2CCC[C@H](C)C2)cc1. The van der Waals surface area contributed by atoms with Crippen LogP contribution in [0, 0.1) is 5.92 Å². The molecule has 1 fully saturated rings. The van der Waals surface area contributed by atoms with Gasteiger partial charge in [-0.2, -0.15) is 0 Å². The van der Waals surface area contributed by atoms with Crippen LogP contribution >= 0.6 is 0 Å². The third kappa shape index (κ3) is 4.96. The lowest BCUT2D eigenvalue weighted by atomic mass is 9.99. The van der Waals surface area contributed by atoms with Gasteiger partial charge in [-0.1, -0.05) is 26.0 Å². The van der Waals surface area contributed by atoms with Crippen LogP contribution in [0.5, 0.6) is 0 Å². The van der Waals surface area contributed by atoms with Crippen molar-refractivity contribution < 1.29 is 4.79 Å². The topological polar surface area (TPSA) is 44.4 Å². The molecule has 21 heavy (non-hydrogen) atoms. The Morgan fingerprint density at radius 3 is 2.71 bits per heavy atom. The summed E-state index contributed by atoms with van der Waals surface area (Å²) in [5, 5.41) is 5.69. The third-order valence-electron chi connectivity index (χ3n) is 3.95. The quantitative estimate of drug-likeness (QED) is 0.874. The third-order valence-corrected chi connectivity index (χ3v) is 3.95. The van der Waals surface area contributed by atoms with E-state index in [9.17, 15) is 4.79 Å². The first-order chi connectivity index (χ1) is 10.2. The molecular weight excluding hydrogens is 262 g/mol. The second-order valence-electron chi connectivity index (χ2n) is 5.97. The molecule has 1 atom stereocenters. The van der Waals surface area contributed by atoms with Crippen LogP contribution in [0.4, 0.5) is 10.5 Å². The van der Waals surface area contributed by atoms with E-state index in [2.05, 4.69) is 46.7 Å². The predicted molar refractivity (Wildman–Crippen MR) is 87.6 cm³/mol. The molecule has 0 bridgehead atoms. The first-order valence-corrected chi connectivity index (χ1v) is 8.04. The molecule has 4 nitrogen and oxygen atoms in total. The molecule has 0 saturated carbocycles. The van der Waals surface area contributed by atoms with Crippen molar-refractivity contribution in [1.82, 2.24) is 10.6 Å². The Balaban J connectivity index is 1.83. The highest BCUT2D eigenvalue weighted by Gasteiger charge is 2.16. The Labute approximate surface area is 127 Å². The van der Waals surface area contributed by atoms with Crippen molar-refractivity contribution in [2.45, 2.75) is 39.7 Å². The van der Waals surface area contributed by atoms with Crippen molar-refractivity contribution >= 4 is 11.7 Å². The second kappa shape index (κ2) is 7.91. The van der Waals surface area contributed by atoms with Crippen molar-refractivity contribution in [2.75, 3.05) is 24.5 Å². The largest absolute Gasteiger partial charge is 0.371 e. The monoisotopic (exact) mass is 289 g/mol. The Hall–Kier alpha value is -1.71. The summed E-state index contributed by atoms with van der Waals surface area (Å²) in [7, 11) is 0. The van der Waals surface area contributed by atoms with Gasteiger partial charge < -0.3 is 15.5 Å². The molecule has 1 aliphatic heterocycles. The fourth-order valence-corrected chi connectivity index (χ4v) is 2.73. The summed E-state index contributed by atoms with van der Waals surface area (Å²) in [6.07, 6.45) is 3.57. The number of nitrogens with one attached hydrogen (secondary N) is 2. The minimum atomic E-state index is -0.0919. The van der Waals surface area contributed by atoms with Gasteiger partial charge in [0.1, 0.15) is 0 Å². The molecule has 2 rings (SSSR count). The van der Waals surface area contributed by atoms with Crippen LogP contribution in [0.2, 0.25) is 0 Å². The molecule has 0 unspecified atom stereocenters. The average Bonchev–Trinajstić information content (AvgIpc) is 2.51. The van der Waals surface area contributed by atoms with Crippen molar-refractivity contribution in [1.29, 1.82) is 0 Å². The molecule has 0 aromatic heterocycles. The molecule has 2 N–H and O–H groups in total. The van der Waals surface area contributed by atoms with Crippen molar-refractivity contribution in [3.05, 3.63) is 29.8 Å². The van der Waals surface area contributed by atoms with Gasteiger partial charge in [0.25, 0.3) is 0 Å². The molecule has 1 aliphatic rings. The Kier molecular flexibility index (Phi) is 5.90. The van der Waals surface area contributed by atoms with Gasteiger partial charge in [-0.05, 0) is 42.9 Å². The van der Waals surface area contributed by atoms with Gasteiger partial charge in [-0.25, -0.2) is 4.79 Å². The van der Waals surface area contributed by atoms with Crippen LogP contribution in [-0.4, -0.2) is 25.7 Å². The highest BCUT2D eigenvalue weighted by molar-refractivity contribution is 5.73. The van der Waals surface area contributed by atoms with Gasteiger partial charge >= 0.3 is 6.03 Å². The zero-order chi connectivity index (χ0) is 15.1. The van der Waals surface area contributed by atoms with Crippen LogP contribution in [-0.2, 0) is 6.54 Å². The van der Waals surface area contributed by atoms with E-state index in [4.69, 9.17) is 0 Å². The fraction of sp³-hybridized carbons (Fsp3) is 0.588. The number of carbonyl (C=O) groups excluding carboxylic acids is 1. The van der Waals surface area contributed by atoms with Gasteiger partial charge in [-0.3, -0.25) is 0 Å². The van der Waals surface area contributed by atoms with E-state index in [0.29, 0.717) is 6.54 Å². The van der Waals surface area contributed by atoms with Crippen molar-refractivity contribution in [3.63, 3.8) is 0 Å². The number of hydrogen-bond donors (Lipinski definition) is 2. The summed E-state index contributed by atoms with van der Waals surface area (Å²) in [6.45, 7) is 7.96. The smallest absolute Gasteiger partial charge is 0.315 e. The second-order valence-corrected chi connectivity index (χ2v) is 5.97. The van der Waals surface area contributed by atoms with Crippen LogP contribution in [0.15, 0.2) is 24.3 Å². The Bertz CT molecular complexity index is 444. The number of amides is 2. The van der Waals surface area contributed by atoms with Gasteiger partial charge in [0.15, 0.2) is 0 Å². The number of hydrogen-bond acceptors (Lipinski definition) is 2. The Morgan fingerprint density at radius 1 is 1.29 bits per heavy atom. The van der Waals surface area contributed by atoms with Crippen LogP contribution < -0.4 is 15.5 Å². The summed E-state index contributed by atoms with van der Waals surface area (Å²) in [6, 6.07) is 8.45. The number of benzene rings is 1. The van der Waals surface area contributed by atoms with Gasteiger partial charge in [0.2, 0.25) is 0 Å². The maximum atomic E-state index is 11.5. The number of anilines is 1. The number of urea groups is 1. The fourth-order valence-electron chi connectivity index (χ4n) is 2.73. The zero-order valence-corrected chi connectivity index (χ0v) is 13.2. The highest BCUT2D eigenvalue weighted by atomic mass is 16.2. The van der Waals surface area contributed by atoms with Crippen LogP contribution in [0.1, 0.15) is 38.7 Å². The molecule has 1 heterocycles. The minimum Gasteiger partial charge on any atom is -0.371 e. The molecule has 0 spiro atoms. The molecule has 1 aromatic rings. The van der Waals surface area contributed by atoms with E-state index < -0.39 is 0 Å². The molecular formula is C17H27N3O. The first-order valence-electron chi connectivity index (χ1n) is 8.04. The van der Waals surface area contributed by atoms with E-state index in [1.165, 1.54) is 18.5 Å². The molecule has 116 valence electrons. The normalized spacial score (nSPS) is 18.4. The maximum absolute atomic E-state index is 11.5. The van der Waals surface area contributed by atoms with Gasteiger partial charge in [-0.15, -0.1) is 0 Å². The van der Waals surface area contributed by atoms with Gasteiger partial charge in [0, 0.05) is 31.9 Å². The summed E-state index contributed by atoms with van der Waals surface area (Å²) in [5.41, 5.74) is 2.43. The first kappa shape index (κ1) is 15.7. The Morgan fingerprint density at radius 2 is 2.05 bits per heavy atom. The van der Waals surface area contributed by atoms with Crippen LogP contribution in [0.3, 0.4) is 0 Å². The lowest BCUT2D eigenvalue weighted by Crippen LogP contribution is -2.35. The molecule has 0 radical (unpaired) electrons.